The lowest BCUT2D eigenvalue weighted by Gasteiger charge is -2.37. The second-order valence-corrected chi connectivity index (χ2v) is 7.18. The molecule has 2 aliphatic rings. The van der Waals surface area contributed by atoms with Crippen molar-refractivity contribution in [3.8, 4) is 0 Å². The molecule has 2 heterocycles. The minimum absolute atomic E-state index is 0.0247. The largest absolute Gasteiger partial charge is 0.340 e. The maximum atomic E-state index is 12.7. The number of fused-ring (bicyclic) bond motifs is 1. The van der Waals surface area contributed by atoms with E-state index in [1.54, 1.807) is 6.20 Å². The van der Waals surface area contributed by atoms with E-state index in [0.717, 1.165) is 42.5 Å². The summed E-state index contributed by atoms with van der Waals surface area (Å²) < 4.78 is 0. The van der Waals surface area contributed by atoms with E-state index in [4.69, 9.17) is 0 Å². The zero-order valence-electron chi connectivity index (χ0n) is 15.0. The van der Waals surface area contributed by atoms with Crippen molar-refractivity contribution in [2.45, 2.75) is 25.8 Å². The summed E-state index contributed by atoms with van der Waals surface area (Å²) >= 11 is 0. The Morgan fingerprint density at radius 2 is 1.88 bits per heavy atom. The van der Waals surface area contributed by atoms with Gasteiger partial charge in [0.25, 0.3) is 0 Å². The van der Waals surface area contributed by atoms with Crippen LogP contribution in [0.15, 0.2) is 36.5 Å². The van der Waals surface area contributed by atoms with Crippen LogP contribution in [-0.4, -0.2) is 58.8 Å². The van der Waals surface area contributed by atoms with Crippen molar-refractivity contribution in [2.75, 3.05) is 31.5 Å². The number of hydrogen-bond acceptors (Lipinski definition) is 4. The molecule has 1 atom stereocenters. The molecule has 1 saturated carbocycles. The van der Waals surface area contributed by atoms with Crippen molar-refractivity contribution >= 4 is 28.4 Å². The fourth-order valence-corrected chi connectivity index (χ4v) is 3.53. The molecule has 0 spiro atoms. The number of piperazine rings is 1. The van der Waals surface area contributed by atoms with Crippen LogP contribution in [0.2, 0.25) is 0 Å². The van der Waals surface area contributed by atoms with Crippen LogP contribution in [0.3, 0.4) is 0 Å². The van der Waals surface area contributed by atoms with Gasteiger partial charge in [0.05, 0.1) is 17.2 Å². The van der Waals surface area contributed by atoms with E-state index in [-0.39, 0.29) is 17.9 Å². The average Bonchev–Trinajstić information content (AvgIpc) is 3.52. The van der Waals surface area contributed by atoms with Crippen LogP contribution in [0.5, 0.6) is 0 Å². The molecule has 6 heteroatoms. The van der Waals surface area contributed by atoms with Crippen molar-refractivity contribution in [1.82, 2.24) is 14.8 Å². The fourth-order valence-electron chi connectivity index (χ4n) is 3.53. The van der Waals surface area contributed by atoms with Crippen LogP contribution in [0.1, 0.15) is 19.8 Å². The van der Waals surface area contributed by atoms with Crippen molar-refractivity contribution in [3.05, 3.63) is 36.5 Å². The molecule has 0 unspecified atom stereocenters. The van der Waals surface area contributed by atoms with Gasteiger partial charge in [-0.15, -0.1) is 0 Å². The third kappa shape index (κ3) is 3.42. The van der Waals surface area contributed by atoms with Gasteiger partial charge in [-0.3, -0.25) is 19.5 Å². The number of aromatic nitrogens is 1. The zero-order valence-corrected chi connectivity index (χ0v) is 15.0. The van der Waals surface area contributed by atoms with Gasteiger partial charge < -0.3 is 10.2 Å². The number of carbonyl (C=O) groups excluding carboxylic acids is 2. The molecule has 1 saturated heterocycles. The van der Waals surface area contributed by atoms with Gasteiger partial charge in [-0.1, -0.05) is 6.07 Å². The summed E-state index contributed by atoms with van der Waals surface area (Å²) in [6.07, 6.45) is 3.83. The Kier molecular flexibility index (Phi) is 4.59. The quantitative estimate of drug-likeness (QED) is 0.915. The molecule has 6 nitrogen and oxygen atoms in total. The zero-order chi connectivity index (χ0) is 18.1. The normalized spacial score (nSPS) is 19.3. The molecule has 136 valence electrons. The second kappa shape index (κ2) is 7.03. The van der Waals surface area contributed by atoms with Crippen molar-refractivity contribution in [1.29, 1.82) is 0 Å². The van der Waals surface area contributed by atoms with Crippen LogP contribution >= 0.6 is 0 Å². The summed E-state index contributed by atoms with van der Waals surface area (Å²) in [5.41, 5.74) is 1.65. The summed E-state index contributed by atoms with van der Waals surface area (Å²) in [5, 5.41) is 3.98. The first kappa shape index (κ1) is 17.0. The van der Waals surface area contributed by atoms with E-state index in [1.807, 2.05) is 42.2 Å². The Bertz CT molecular complexity index is 820. The third-order valence-electron chi connectivity index (χ3n) is 5.38. The minimum atomic E-state index is -0.236. The molecular formula is C20H24N4O2. The van der Waals surface area contributed by atoms with Gasteiger partial charge in [-0.25, -0.2) is 0 Å². The van der Waals surface area contributed by atoms with E-state index in [1.165, 1.54) is 0 Å². The highest BCUT2D eigenvalue weighted by molar-refractivity contribution is 6.02. The van der Waals surface area contributed by atoms with E-state index in [0.29, 0.717) is 19.0 Å². The first-order valence-corrected chi connectivity index (χ1v) is 9.31. The first-order valence-electron chi connectivity index (χ1n) is 9.31. The summed E-state index contributed by atoms with van der Waals surface area (Å²) in [6.45, 7) is 4.83. The van der Waals surface area contributed by atoms with Gasteiger partial charge in [0, 0.05) is 43.7 Å². The predicted molar refractivity (Wildman–Crippen MR) is 101 cm³/mol. The first-order chi connectivity index (χ1) is 12.6. The molecule has 26 heavy (non-hydrogen) atoms. The molecule has 0 radical (unpaired) electrons. The molecule has 2 fully saturated rings. The Labute approximate surface area is 153 Å². The minimum Gasteiger partial charge on any atom is -0.340 e. The number of benzene rings is 1. The molecule has 1 N–H and O–H groups in total. The molecule has 1 aromatic heterocycles. The van der Waals surface area contributed by atoms with E-state index in [9.17, 15) is 9.59 Å². The Morgan fingerprint density at radius 1 is 1.12 bits per heavy atom. The number of carbonyl (C=O) groups is 2. The van der Waals surface area contributed by atoms with Crippen molar-refractivity contribution in [2.24, 2.45) is 5.92 Å². The highest BCUT2D eigenvalue weighted by Gasteiger charge is 2.35. The SMILES string of the molecule is C[C@H](C(=O)Nc1cccc2ncccc12)N1CCN(C(=O)C2CC2)CC1. The Hall–Kier alpha value is -2.47. The van der Waals surface area contributed by atoms with Gasteiger partial charge in [0.2, 0.25) is 11.8 Å². The number of nitrogens with one attached hydrogen (secondary N) is 1. The number of rotatable bonds is 4. The topological polar surface area (TPSA) is 65.5 Å². The molecule has 2 amide bonds. The number of pyridine rings is 1. The molecule has 2 aromatic rings. The lowest BCUT2D eigenvalue weighted by Crippen LogP contribution is -2.54. The van der Waals surface area contributed by atoms with Crippen molar-refractivity contribution in [3.63, 3.8) is 0 Å². The molecule has 1 aliphatic carbocycles. The second-order valence-electron chi connectivity index (χ2n) is 7.18. The Morgan fingerprint density at radius 3 is 2.62 bits per heavy atom. The summed E-state index contributed by atoms with van der Waals surface area (Å²) in [7, 11) is 0. The number of amides is 2. The molecule has 1 aliphatic heterocycles. The summed E-state index contributed by atoms with van der Waals surface area (Å²) in [5.74, 6) is 0.538. The number of anilines is 1. The van der Waals surface area contributed by atoms with Gasteiger partial charge in [-0.05, 0) is 44.0 Å². The van der Waals surface area contributed by atoms with Crippen LogP contribution in [0, 0.1) is 5.92 Å². The third-order valence-corrected chi connectivity index (χ3v) is 5.38. The smallest absolute Gasteiger partial charge is 0.241 e. The molecular weight excluding hydrogens is 328 g/mol. The highest BCUT2D eigenvalue weighted by Crippen LogP contribution is 2.31. The van der Waals surface area contributed by atoms with Crippen molar-refractivity contribution < 1.29 is 9.59 Å². The lowest BCUT2D eigenvalue weighted by molar-refractivity contribution is -0.135. The monoisotopic (exact) mass is 352 g/mol. The maximum Gasteiger partial charge on any atom is 0.241 e. The van der Waals surface area contributed by atoms with Crippen LogP contribution in [0.4, 0.5) is 5.69 Å². The average molecular weight is 352 g/mol. The van der Waals surface area contributed by atoms with Crippen LogP contribution in [-0.2, 0) is 9.59 Å². The standard InChI is InChI=1S/C20H24N4O2/c1-14(23-10-12-24(13-11-23)20(26)15-7-8-15)19(25)22-18-6-2-5-17-16(18)4-3-9-21-17/h2-6,9,14-15H,7-8,10-13H2,1H3,(H,22,25)/t14-/m1/s1. The molecule has 0 bridgehead atoms. The van der Waals surface area contributed by atoms with E-state index in [2.05, 4.69) is 15.2 Å². The van der Waals surface area contributed by atoms with Gasteiger partial charge in [0.15, 0.2) is 0 Å². The van der Waals surface area contributed by atoms with Crippen LogP contribution < -0.4 is 5.32 Å². The van der Waals surface area contributed by atoms with E-state index >= 15 is 0 Å². The highest BCUT2D eigenvalue weighted by atomic mass is 16.2. The Balaban J connectivity index is 1.38. The van der Waals surface area contributed by atoms with Gasteiger partial charge >= 0.3 is 0 Å². The van der Waals surface area contributed by atoms with Gasteiger partial charge in [-0.2, -0.15) is 0 Å². The molecule has 1 aromatic carbocycles. The summed E-state index contributed by atoms with van der Waals surface area (Å²) in [4.78, 5) is 33.3. The fraction of sp³-hybridized carbons (Fsp3) is 0.450. The number of nitrogens with zero attached hydrogens (tertiary/aromatic N) is 3. The number of hydrogen-bond donors (Lipinski definition) is 1. The maximum absolute atomic E-state index is 12.7. The van der Waals surface area contributed by atoms with Gasteiger partial charge in [0.1, 0.15) is 0 Å². The van der Waals surface area contributed by atoms with Crippen LogP contribution in [0.25, 0.3) is 10.9 Å². The predicted octanol–water partition coefficient (Wildman–Crippen LogP) is 2.12. The summed E-state index contributed by atoms with van der Waals surface area (Å²) in [6, 6.07) is 9.34. The molecule has 4 rings (SSSR count). The van der Waals surface area contributed by atoms with E-state index < -0.39 is 0 Å². The lowest BCUT2D eigenvalue weighted by atomic mass is 10.1.